The molecule has 0 atom stereocenters. The maximum absolute atomic E-state index is 12.9. The van der Waals surface area contributed by atoms with Crippen LogP contribution in [0, 0.1) is 0 Å². The zero-order valence-corrected chi connectivity index (χ0v) is 14.8. The molecule has 10 heteroatoms. The van der Waals surface area contributed by atoms with Gasteiger partial charge in [0.25, 0.3) is 5.91 Å². The Hall–Kier alpha value is -1.81. The quantitative estimate of drug-likeness (QED) is 0.789. The van der Waals surface area contributed by atoms with E-state index >= 15 is 0 Å². The summed E-state index contributed by atoms with van der Waals surface area (Å²) in [5.74, 6) is -0.993. The Morgan fingerprint density at radius 1 is 1.00 bits per heavy atom. The number of hydrogen-bond donors (Lipinski definition) is 1. The second-order valence-corrected chi connectivity index (χ2v) is 6.89. The van der Waals surface area contributed by atoms with Crippen LogP contribution in [-0.2, 0) is 17.1 Å². The molecule has 0 aliphatic carbocycles. The van der Waals surface area contributed by atoms with E-state index in [0.717, 1.165) is 0 Å². The zero-order valence-electron chi connectivity index (χ0n) is 14.8. The second kappa shape index (κ2) is 7.67. The van der Waals surface area contributed by atoms with Crippen LogP contribution in [0.1, 0.15) is 35.3 Å². The number of carbonyl (C=O) groups is 1. The lowest BCUT2D eigenvalue weighted by Gasteiger charge is -2.40. The van der Waals surface area contributed by atoms with E-state index < -0.39 is 40.5 Å². The normalized spacial score (nSPS) is 17.0. The molecule has 0 unspecified atom stereocenters. The van der Waals surface area contributed by atoms with Crippen molar-refractivity contribution in [3.63, 3.8) is 0 Å². The van der Waals surface area contributed by atoms with Gasteiger partial charge < -0.3 is 10.1 Å². The van der Waals surface area contributed by atoms with E-state index in [9.17, 15) is 31.1 Å². The highest BCUT2D eigenvalue weighted by atomic mass is 19.4. The number of benzene rings is 1. The first kappa shape index (κ1) is 21.5. The summed E-state index contributed by atoms with van der Waals surface area (Å²) in [5.41, 5.74) is -4.26. The lowest BCUT2D eigenvalue weighted by molar-refractivity contribution is -0.143. The first-order valence-corrected chi connectivity index (χ1v) is 8.21. The van der Waals surface area contributed by atoms with E-state index in [2.05, 4.69) is 5.32 Å². The third-order valence-corrected chi connectivity index (χ3v) is 4.40. The first-order chi connectivity index (χ1) is 12.3. The highest BCUT2D eigenvalue weighted by Gasteiger charge is 2.37. The number of carbonyl (C=O) groups excluding carboxylic acids is 1. The SMILES string of the molecule is CC(C)(CNC(=O)c1cc(C(F)(F)F)cc(C(F)(F)F)c1)N1CCOCC1. The van der Waals surface area contributed by atoms with Crippen LogP contribution in [0.2, 0.25) is 0 Å². The van der Waals surface area contributed by atoms with E-state index in [1.54, 1.807) is 0 Å². The topological polar surface area (TPSA) is 41.6 Å². The number of halogens is 6. The fourth-order valence-electron chi connectivity index (χ4n) is 2.77. The van der Waals surface area contributed by atoms with Crippen molar-refractivity contribution in [3.8, 4) is 0 Å². The first-order valence-electron chi connectivity index (χ1n) is 8.21. The molecule has 4 nitrogen and oxygen atoms in total. The molecule has 1 aliphatic rings. The minimum Gasteiger partial charge on any atom is -0.379 e. The van der Waals surface area contributed by atoms with Crippen molar-refractivity contribution in [3.05, 3.63) is 34.9 Å². The van der Waals surface area contributed by atoms with Crippen molar-refractivity contribution in [2.24, 2.45) is 0 Å². The fraction of sp³-hybridized carbons (Fsp3) is 0.588. The van der Waals surface area contributed by atoms with Crippen LogP contribution in [0.25, 0.3) is 0 Å². The lowest BCUT2D eigenvalue weighted by Crippen LogP contribution is -2.55. The van der Waals surface area contributed by atoms with Crippen LogP contribution in [0.15, 0.2) is 18.2 Å². The van der Waals surface area contributed by atoms with E-state index in [1.807, 2.05) is 18.7 Å². The number of rotatable bonds is 4. The number of hydrogen-bond acceptors (Lipinski definition) is 3. The van der Waals surface area contributed by atoms with Gasteiger partial charge in [0.15, 0.2) is 0 Å². The fourth-order valence-corrected chi connectivity index (χ4v) is 2.77. The molecular formula is C17H20F6N2O2. The molecule has 1 fully saturated rings. The number of amides is 1. The van der Waals surface area contributed by atoms with Crippen molar-refractivity contribution < 1.29 is 35.9 Å². The van der Waals surface area contributed by atoms with Gasteiger partial charge in [-0.1, -0.05) is 0 Å². The third-order valence-electron chi connectivity index (χ3n) is 4.40. The van der Waals surface area contributed by atoms with Gasteiger partial charge in [-0.15, -0.1) is 0 Å². The summed E-state index contributed by atoms with van der Waals surface area (Å²) in [5, 5.41) is 2.44. The summed E-state index contributed by atoms with van der Waals surface area (Å²) in [6.07, 6.45) is -9.99. The highest BCUT2D eigenvalue weighted by molar-refractivity contribution is 5.94. The maximum Gasteiger partial charge on any atom is 0.416 e. The number of nitrogens with one attached hydrogen (secondary N) is 1. The Labute approximate surface area is 152 Å². The molecule has 1 N–H and O–H groups in total. The van der Waals surface area contributed by atoms with Crippen LogP contribution in [0.3, 0.4) is 0 Å². The van der Waals surface area contributed by atoms with Gasteiger partial charge in [0.2, 0.25) is 0 Å². The van der Waals surface area contributed by atoms with Gasteiger partial charge in [-0.05, 0) is 32.0 Å². The molecule has 0 aromatic heterocycles. The number of alkyl halides is 6. The predicted molar refractivity (Wildman–Crippen MR) is 85.3 cm³/mol. The molecule has 0 bridgehead atoms. The summed E-state index contributed by atoms with van der Waals surface area (Å²) in [7, 11) is 0. The average molecular weight is 398 g/mol. The summed E-state index contributed by atoms with van der Waals surface area (Å²) in [4.78, 5) is 14.3. The van der Waals surface area contributed by atoms with E-state index in [4.69, 9.17) is 4.74 Å². The molecule has 27 heavy (non-hydrogen) atoms. The maximum atomic E-state index is 12.9. The van der Waals surface area contributed by atoms with Crippen molar-refractivity contribution in [2.75, 3.05) is 32.8 Å². The van der Waals surface area contributed by atoms with Crippen LogP contribution in [-0.4, -0.2) is 49.2 Å². The third kappa shape index (κ3) is 5.58. The summed E-state index contributed by atoms with van der Waals surface area (Å²) < 4.78 is 82.6. The van der Waals surface area contributed by atoms with Crippen molar-refractivity contribution in [1.29, 1.82) is 0 Å². The Morgan fingerprint density at radius 3 is 1.93 bits per heavy atom. The molecule has 1 aromatic carbocycles. The standard InChI is InChI=1S/C17H20F6N2O2/c1-15(2,25-3-5-27-6-4-25)10-24-14(26)11-7-12(16(18,19)20)9-13(8-11)17(21,22)23/h7-9H,3-6,10H2,1-2H3,(H,24,26). The smallest absolute Gasteiger partial charge is 0.379 e. The number of nitrogens with zero attached hydrogens (tertiary/aromatic N) is 1. The molecule has 0 spiro atoms. The number of morpholine rings is 1. The molecule has 0 radical (unpaired) electrons. The summed E-state index contributed by atoms with van der Waals surface area (Å²) >= 11 is 0. The molecule has 2 rings (SSSR count). The van der Waals surface area contributed by atoms with E-state index in [0.29, 0.717) is 38.4 Å². The monoisotopic (exact) mass is 398 g/mol. The van der Waals surface area contributed by atoms with Gasteiger partial charge in [0, 0.05) is 30.7 Å². The Bertz CT molecular complexity index is 647. The molecule has 1 saturated heterocycles. The van der Waals surface area contributed by atoms with Crippen LogP contribution < -0.4 is 5.32 Å². The molecular weight excluding hydrogens is 378 g/mol. The van der Waals surface area contributed by atoms with Crippen molar-refractivity contribution >= 4 is 5.91 Å². The average Bonchev–Trinajstić information content (AvgIpc) is 2.58. The Kier molecular flexibility index (Phi) is 6.10. The Morgan fingerprint density at radius 2 is 1.48 bits per heavy atom. The highest BCUT2D eigenvalue weighted by Crippen LogP contribution is 2.36. The van der Waals surface area contributed by atoms with Gasteiger partial charge in [0.05, 0.1) is 24.3 Å². The van der Waals surface area contributed by atoms with Crippen LogP contribution in [0.5, 0.6) is 0 Å². The second-order valence-electron chi connectivity index (χ2n) is 6.89. The summed E-state index contributed by atoms with van der Waals surface area (Å²) in [6.45, 7) is 5.97. The Balaban J connectivity index is 2.19. The minimum absolute atomic E-state index is 0.00551. The van der Waals surface area contributed by atoms with Crippen molar-refractivity contribution in [2.45, 2.75) is 31.7 Å². The van der Waals surface area contributed by atoms with E-state index in [-0.39, 0.29) is 12.6 Å². The van der Waals surface area contributed by atoms with Gasteiger partial charge in [-0.25, -0.2) is 0 Å². The molecule has 0 saturated carbocycles. The van der Waals surface area contributed by atoms with Crippen molar-refractivity contribution in [1.82, 2.24) is 10.2 Å². The molecule has 1 aliphatic heterocycles. The molecule has 152 valence electrons. The zero-order chi connectivity index (χ0) is 20.5. The van der Waals surface area contributed by atoms with Gasteiger partial charge in [0.1, 0.15) is 0 Å². The molecule has 1 heterocycles. The summed E-state index contributed by atoms with van der Waals surface area (Å²) in [6, 6.07) is 0.840. The molecule has 1 aromatic rings. The number of ether oxygens (including phenoxy) is 1. The van der Waals surface area contributed by atoms with Gasteiger partial charge >= 0.3 is 12.4 Å². The van der Waals surface area contributed by atoms with Crippen LogP contribution in [0.4, 0.5) is 26.3 Å². The molecule has 1 amide bonds. The van der Waals surface area contributed by atoms with Gasteiger partial charge in [-0.3, -0.25) is 9.69 Å². The predicted octanol–water partition coefficient (Wildman–Crippen LogP) is 3.56. The lowest BCUT2D eigenvalue weighted by atomic mass is 10.0. The minimum atomic E-state index is -5.00. The van der Waals surface area contributed by atoms with Gasteiger partial charge in [-0.2, -0.15) is 26.3 Å². The largest absolute Gasteiger partial charge is 0.416 e. The van der Waals surface area contributed by atoms with E-state index in [1.165, 1.54) is 0 Å². The van der Waals surface area contributed by atoms with Crippen LogP contribution >= 0.6 is 0 Å².